The summed E-state index contributed by atoms with van der Waals surface area (Å²) in [4.78, 5) is 22.7. The van der Waals surface area contributed by atoms with Crippen molar-refractivity contribution in [3.8, 4) is 0 Å². The van der Waals surface area contributed by atoms with Gasteiger partial charge >= 0.3 is 0 Å². The number of nitrogens with one attached hydrogen (secondary N) is 1. The van der Waals surface area contributed by atoms with Gasteiger partial charge in [-0.1, -0.05) is 42.8 Å². The van der Waals surface area contributed by atoms with Crippen molar-refractivity contribution < 1.29 is 4.79 Å². The molecule has 0 radical (unpaired) electrons. The summed E-state index contributed by atoms with van der Waals surface area (Å²) in [5, 5.41) is 3.09. The minimum atomic E-state index is -0.0868. The highest BCUT2D eigenvalue weighted by Crippen LogP contribution is 2.22. The molecule has 1 aliphatic rings. The van der Waals surface area contributed by atoms with Crippen LogP contribution in [0.1, 0.15) is 39.8 Å². The molecule has 2 aromatic carbocycles. The average Bonchev–Trinajstić information content (AvgIpc) is 3.28. The maximum absolute atomic E-state index is 13.1. The number of imidazole rings is 1. The zero-order valence-corrected chi connectivity index (χ0v) is 20.8. The minimum absolute atomic E-state index is 0.0868. The number of piperazine rings is 1. The third-order valence-corrected chi connectivity index (χ3v) is 6.90. The average molecular weight is 468 g/mol. The quantitative estimate of drug-likeness (QED) is 0.444. The minimum Gasteiger partial charge on any atom is -0.368 e. The predicted molar refractivity (Wildman–Crippen MR) is 143 cm³/mol. The van der Waals surface area contributed by atoms with Crippen LogP contribution in [-0.4, -0.2) is 41.5 Å². The molecular formula is C29H33N5O. The molecule has 2 aromatic heterocycles. The number of benzene rings is 2. The van der Waals surface area contributed by atoms with E-state index in [1.54, 1.807) is 0 Å². The third-order valence-electron chi connectivity index (χ3n) is 6.90. The topological polar surface area (TPSA) is 52.9 Å². The van der Waals surface area contributed by atoms with Gasteiger partial charge in [0.15, 0.2) is 0 Å². The summed E-state index contributed by atoms with van der Waals surface area (Å²) in [6, 6.07) is 21.3. The second-order valence-corrected chi connectivity index (χ2v) is 9.30. The van der Waals surface area contributed by atoms with E-state index in [1.807, 2.05) is 36.6 Å². The highest BCUT2D eigenvalue weighted by molar-refractivity contribution is 5.94. The number of aryl methyl sites for hydroxylation is 3. The second kappa shape index (κ2) is 9.82. The van der Waals surface area contributed by atoms with Crippen LogP contribution in [-0.2, 0) is 13.0 Å². The van der Waals surface area contributed by atoms with E-state index >= 15 is 0 Å². The van der Waals surface area contributed by atoms with E-state index in [-0.39, 0.29) is 5.91 Å². The first-order valence-electron chi connectivity index (χ1n) is 12.4. The molecule has 1 saturated heterocycles. The Balaban J connectivity index is 1.20. The number of aromatic nitrogens is 2. The number of carbonyl (C=O) groups excluding carboxylic acids is 1. The van der Waals surface area contributed by atoms with Gasteiger partial charge in [-0.15, -0.1) is 0 Å². The van der Waals surface area contributed by atoms with E-state index in [9.17, 15) is 4.79 Å². The van der Waals surface area contributed by atoms with Gasteiger partial charge in [0.2, 0.25) is 0 Å². The van der Waals surface area contributed by atoms with Gasteiger partial charge in [-0.2, -0.15) is 0 Å². The molecule has 0 atom stereocenters. The molecule has 1 amide bonds. The van der Waals surface area contributed by atoms with Gasteiger partial charge in [0.25, 0.3) is 5.91 Å². The summed E-state index contributed by atoms with van der Waals surface area (Å²) in [5.74, 6) is -0.0868. The van der Waals surface area contributed by atoms with Crippen molar-refractivity contribution in [3.63, 3.8) is 0 Å². The van der Waals surface area contributed by atoms with Crippen molar-refractivity contribution >= 4 is 22.9 Å². The zero-order valence-electron chi connectivity index (χ0n) is 20.8. The molecule has 0 saturated carbocycles. The molecule has 35 heavy (non-hydrogen) atoms. The Morgan fingerprint density at radius 2 is 1.49 bits per heavy atom. The number of hydrogen-bond donors (Lipinski definition) is 1. The molecule has 180 valence electrons. The number of amides is 1. The summed E-state index contributed by atoms with van der Waals surface area (Å²) in [6.45, 7) is 10.7. The number of anilines is 2. The predicted octanol–water partition coefficient (Wildman–Crippen LogP) is 4.77. The van der Waals surface area contributed by atoms with Crippen molar-refractivity contribution in [1.29, 1.82) is 0 Å². The Morgan fingerprint density at radius 3 is 2.09 bits per heavy atom. The molecule has 1 aliphatic heterocycles. The normalized spacial score (nSPS) is 13.9. The Hall–Kier alpha value is -3.80. The summed E-state index contributed by atoms with van der Waals surface area (Å²) in [6.07, 6.45) is 2.63. The molecule has 0 bridgehead atoms. The molecule has 6 heteroatoms. The largest absolute Gasteiger partial charge is 0.368 e. The lowest BCUT2D eigenvalue weighted by Gasteiger charge is -2.37. The highest BCUT2D eigenvalue weighted by Gasteiger charge is 2.20. The van der Waals surface area contributed by atoms with Crippen molar-refractivity contribution in [1.82, 2.24) is 14.7 Å². The zero-order chi connectivity index (χ0) is 24.4. The van der Waals surface area contributed by atoms with Crippen LogP contribution >= 0.6 is 0 Å². The van der Waals surface area contributed by atoms with Gasteiger partial charge in [0.05, 0.1) is 5.69 Å². The lowest BCUT2D eigenvalue weighted by atomic mass is 10.1. The van der Waals surface area contributed by atoms with Gasteiger partial charge in [-0.3, -0.25) is 9.20 Å². The van der Waals surface area contributed by atoms with Crippen LogP contribution in [0, 0.1) is 13.8 Å². The first-order valence-corrected chi connectivity index (χ1v) is 12.4. The van der Waals surface area contributed by atoms with E-state index in [1.165, 1.54) is 16.9 Å². The van der Waals surface area contributed by atoms with Crippen molar-refractivity contribution in [2.24, 2.45) is 0 Å². The molecule has 5 rings (SSSR count). The first-order chi connectivity index (χ1) is 17.0. The monoisotopic (exact) mass is 467 g/mol. The van der Waals surface area contributed by atoms with Gasteiger partial charge in [0.1, 0.15) is 11.3 Å². The third kappa shape index (κ3) is 4.74. The lowest BCUT2D eigenvalue weighted by molar-refractivity contribution is 0.0944. The molecule has 6 nitrogen and oxygen atoms in total. The van der Waals surface area contributed by atoms with Crippen LogP contribution in [0.2, 0.25) is 0 Å². The van der Waals surface area contributed by atoms with Crippen LogP contribution in [0.3, 0.4) is 0 Å². The van der Waals surface area contributed by atoms with Crippen LogP contribution in [0.5, 0.6) is 0 Å². The Labute approximate surface area is 207 Å². The fraction of sp³-hybridized carbons (Fsp3) is 0.310. The molecule has 3 heterocycles. The van der Waals surface area contributed by atoms with E-state index in [4.69, 9.17) is 4.98 Å². The molecule has 1 N–H and O–H groups in total. The Kier molecular flexibility index (Phi) is 6.45. The maximum Gasteiger partial charge on any atom is 0.270 e. The fourth-order valence-electron chi connectivity index (χ4n) is 4.81. The molecule has 1 fully saturated rings. The summed E-state index contributed by atoms with van der Waals surface area (Å²) >= 11 is 0. The van der Waals surface area contributed by atoms with E-state index in [2.05, 4.69) is 70.6 Å². The van der Waals surface area contributed by atoms with Crippen molar-refractivity contribution in [2.75, 3.05) is 36.0 Å². The van der Waals surface area contributed by atoms with E-state index in [0.717, 1.165) is 55.1 Å². The second-order valence-electron chi connectivity index (χ2n) is 9.30. The lowest BCUT2D eigenvalue weighted by Crippen LogP contribution is -2.46. The summed E-state index contributed by atoms with van der Waals surface area (Å²) < 4.78 is 1.91. The number of fused-ring (bicyclic) bond motifs is 1. The number of hydrogen-bond acceptors (Lipinski definition) is 4. The standard InChI is InChI=1S/C29H33N5O/c1-4-26-27(34-15-5-6-22(3)28(34)31-26)29(35)30-20-23-9-13-25(14-10-23)33-18-16-32(17-19-33)24-11-7-21(2)8-12-24/h5-15H,4,16-20H2,1-3H3,(H,30,35). The van der Waals surface area contributed by atoms with E-state index in [0.29, 0.717) is 12.2 Å². The molecule has 0 aliphatic carbocycles. The van der Waals surface area contributed by atoms with Crippen LogP contribution in [0.15, 0.2) is 66.9 Å². The van der Waals surface area contributed by atoms with Crippen molar-refractivity contribution in [2.45, 2.75) is 33.7 Å². The maximum atomic E-state index is 13.1. The van der Waals surface area contributed by atoms with Gasteiger partial charge < -0.3 is 15.1 Å². The highest BCUT2D eigenvalue weighted by atomic mass is 16.1. The smallest absolute Gasteiger partial charge is 0.270 e. The first kappa shape index (κ1) is 23.0. The molecular weight excluding hydrogens is 434 g/mol. The van der Waals surface area contributed by atoms with Gasteiger partial charge in [0, 0.05) is 50.3 Å². The molecule has 4 aromatic rings. The van der Waals surface area contributed by atoms with Gasteiger partial charge in [-0.05, 0) is 61.7 Å². The fourth-order valence-corrected chi connectivity index (χ4v) is 4.81. The van der Waals surface area contributed by atoms with Gasteiger partial charge in [-0.25, -0.2) is 4.98 Å². The number of pyridine rings is 1. The van der Waals surface area contributed by atoms with Crippen molar-refractivity contribution in [3.05, 3.63) is 94.9 Å². The number of nitrogens with zero attached hydrogens (tertiary/aromatic N) is 4. The van der Waals surface area contributed by atoms with Crippen LogP contribution in [0.25, 0.3) is 5.65 Å². The van der Waals surface area contributed by atoms with E-state index < -0.39 is 0 Å². The van der Waals surface area contributed by atoms with Crippen LogP contribution < -0.4 is 15.1 Å². The number of rotatable bonds is 6. The SMILES string of the molecule is CCc1nc2c(C)cccn2c1C(=O)NCc1ccc(N2CCN(c3ccc(C)cc3)CC2)cc1. The summed E-state index contributed by atoms with van der Waals surface area (Å²) in [5.41, 5.74) is 8.29. The summed E-state index contributed by atoms with van der Waals surface area (Å²) in [7, 11) is 0. The molecule has 0 unspecified atom stereocenters. The Morgan fingerprint density at radius 1 is 0.886 bits per heavy atom. The number of carbonyl (C=O) groups is 1. The van der Waals surface area contributed by atoms with Crippen LogP contribution in [0.4, 0.5) is 11.4 Å². The Bertz CT molecular complexity index is 1320. The molecule has 0 spiro atoms.